The summed E-state index contributed by atoms with van der Waals surface area (Å²) in [5.74, 6) is -0.209. The molecule has 0 atom stereocenters. The molecule has 0 radical (unpaired) electrons. The van der Waals surface area contributed by atoms with Gasteiger partial charge in [-0.3, -0.25) is 4.79 Å². The molecule has 0 bridgehead atoms. The van der Waals surface area contributed by atoms with Crippen molar-refractivity contribution >= 4 is 33.4 Å². The van der Waals surface area contributed by atoms with Gasteiger partial charge in [0.15, 0.2) is 0 Å². The third kappa shape index (κ3) is 3.69. The fourth-order valence-corrected chi connectivity index (χ4v) is 2.01. The van der Waals surface area contributed by atoms with Crippen molar-refractivity contribution in [3.63, 3.8) is 0 Å². The highest BCUT2D eigenvalue weighted by Crippen LogP contribution is 2.20. The molecule has 4 nitrogen and oxygen atoms in total. The van der Waals surface area contributed by atoms with Crippen LogP contribution in [0.5, 0.6) is 0 Å². The van der Waals surface area contributed by atoms with Crippen molar-refractivity contribution < 1.29 is 4.79 Å². The van der Waals surface area contributed by atoms with Crippen molar-refractivity contribution in [1.29, 1.82) is 5.26 Å². The van der Waals surface area contributed by atoms with Crippen molar-refractivity contribution in [2.24, 2.45) is 0 Å². The minimum absolute atomic E-state index is 0.000832. The molecule has 0 aliphatic rings. The highest BCUT2D eigenvalue weighted by molar-refractivity contribution is 9.10. The van der Waals surface area contributed by atoms with Crippen LogP contribution in [-0.4, -0.2) is 28.4 Å². The fraction of sp³-hybridized carbons (Fsp3) is 0.417. The number of carbonyl (C=O) groups excluding carboxylic acids is 1. The Morgan fingerprint density at radius 1 is 1.67 bits per heavy atom. The molecule has 0 aliphatic carbocycles. The van der Waals surface area contributed by atoms with Crippen LogP contribution in [0.3, 0.4) is 0 Å². The third-order valence-electron chi connectivity index (χ3n) is 2.38. The maximum atomic E-state index is 12.3. The summed E-state index contributed by atoms with van der Waals surface area (Å²) in [5, 5.41) is 8.79. The van der Waals surface area contributed by atoms with Crippen LogP contribution in [0, 0.1) is 11.3 Å². The Morgan fingerprint density at radius 3 is 2.89 bits per heavy atom. The molecule has 18 heavy (non-hydrogen) atoms. The Kier molecular flexibility index (Phi) is 5.57. The van der Waals surface area contributed by atoms with Crippen molar-refractivity contribution in [2.45, 2.75) is 26.3 Å². The lowest BCUT2D eigenvalue weighted by Crippen LogP contribution is -2.37. The molecule has 0 unspecified atom stereocenters. The maximum absolute atomic E-state index is 12.3. The molecule has 0 fully saturated rings. The molecule has 0 saturated carbocycles. The van der Waals surface area contributed by atoms with Crippen molar-refractivity contribution in [1.82, 2.24) is 9.88 Å². The van der Waals surface area contributed by atoms with E-state index in [4.69, 9.17) is 16.9 Å². The number of rotatable bonds is 4. The summed E-state index contributed by atoms with van der Waals surface area (Å²) in [7, 11) is 0. The van der Waals surface area contributed by atoms with E-state index in [2.05, 4.69) is 20.9 Å². The smallest absolute Gasteiger partial charge is 0.257 e. The first kappa shape index (κ1) is 14.9. The lowest BCUT2D eigenvalue weighted by Gasteiger charge is -2.26. The number of hydrogen-bond acceptors (Lipinski definition) is 3. The normalized spacial score (nSPS) is 10.2. The van der Waals surface area contributed by atoms with Gasteiger partial charge in [-0.05, 0) is 35.8 Å². The van der Waals surface area contributed by atoms with E-state index in [0.29, 0.717) is 23.0 Å². The zero-order chi connectivity index (χ0) is 13.7. The third-order valence-corrected chi connectivity index (χ3v) is 3.12. The summed E-state index contributed by atoms with van der Waals surface area (Å²) in [4.78, 5) is 17.9. The zero-order valence-corrected chi connectivity index (χ0v) is 12.5. The van der Waals surface area contributed by atoms with Gasteiger partial charge in [-0.2, -0.15) is 5.26 Å². The topological polar surface area (TPSA) is 57.0 Å². The molecule has 0 N–H and O–H groups in total. The number of nitriles is 1. The number of amides is 1. The van der Waals surface area contributed by atoms with E-state index in [1.54, 1.807) is 11.0 Å². The molecule has 1 heterocycles. The van der Waals surface area contributed by atoms with Crippen LogP contribution >= 0.6 is 27.5 Å². The molecular weight excluding hydrogens is 318 g/mol. The maximum Gasteiger partial charge on any atom is 0.257 e. The van der Waals surface area contributed by atoms with Gasteiger partial charge >= 0.3 is 0 Å². The van der Waals surface area contributed by atoms with Crippen LogP contribution in [-0.2, 0) is 0 Å². The summed E-state index contributed by atoms with van der Waals surface area (Å²) in [6.07, 6.45) is 1.83. The van der Waals surface area contributed by atoms with Gasteiger partial charge in [0.05, 0.1) is 18.1 Å². The van der Waals surface area contributed by atoms with E-state index in [1.807, 2.05) is 19.9 Å². The van der Waals surface area contributed by atoms with Gasteiger partial charge < -0.3 is 4.90 Å². The Morgan fingerprint density at radius 2 is 2.33 bits per heavy atom. The van der Waals surface area contributed by atoms with E-state index in [0.717, 1.165) is 0 Å². The Labute approximate surface area is 120 Å². The first-order valence-electron chi connectivity index (χ1n) is 5.46. The SMILES string of the molecule is CC(C)N(CCC#N)C(=O)c1cc(Br)cnc1Cl. The zero-order valence-electron chi connectivity index (χ0n) is 10.2. The van der Waals surface area contributed by atoms with Crippen LogP contribution in [0.25, 0.3) is 0 Å². The van der Waals surface area contributed by atoms with E-state index < -0.39 is 0 Å². The molecule has 1 amide bonds. The Balaban J connectivity index is 3.02. The number of aromatic nitrogens is 1. The molecule has 0 aromatic carbocycles. The second-order valence-corrected chi connectivity index (χ2v) is 5.27. The van der Waals surface area contributed by atoms with Crippen LogP contribution in [0.1, 0.15) is 30.6 Å². The van der Waals surface area contributed by atoms with Crippen LogP contribution in [0.2, 0.25) is 5.15 Å². The summed E-state index contributed by atoms with van der Waals surface area (Å²) < 4.78 is 0.694. The van der Waals surface area contributed by atoms with Crippen molar-refractivity contribution in [3.8, 4) is 6.07 Å². The number of hydrogen-bond donors (Lipinski definition) is 0. The number of carbonyl (C=O) groups is 1. The summed E-state index contributed by atoms with van der Waals surface area (Å²) >= 11 is 9.19. The monoisotopic (exact) mass is 329 g/mol. The molecule has 1 aromatic heterocycles. The average molecular weight is 331 g/mol. The van der Waals surface area contributed by atoms with Gasteiger partial charge in [-0.25, -0.2) is 4.98 Å². The number of halogens is 2. The largest absolute Gasteiger partial charge is 0.335 e. The van der Waals surface area contributed by atoms with E-state index >= 15 is 0 Å². The lowest BCUT2D eigenvalue weighted by molar-refractivity contribution is 0.0710. The predicted molar refractivity (Wildman–Crippen MR) is 73.3 cm³/mol. The fourth-order valence-electron chi connectivity index (χ4n) is 1.49. The highest BCUT2D eigenvalue weighted by Gasteiger charge is 2.21. The Hall–Kier alpha value is -1.12. The molecule has 0 saturated heterocycles. The number of nitrogens with zero attached hydrogens (tertiary/aromatic N) is 3. The standard InChI is InChI=1S/C12H13BrClN3O/c1-8(2)17(5-3-4-15)12(18)10-6-9(13)7-16-11(10)14/h6-8H,3,5H2,1-2H3. The first-order valence-corrected chi connectivity index (χ1v) is 6.63. The van der Waals surface area contributed by atoms with E-state index in [9.17, 15) is 4.79 Å². The molecule has 96 valence electrons. The van der Waals surface area contributed by atoms with E-state index in [1.165, 1.54) is 6.20 Å². The number of pyridine rings is 1. The van der Waals surface area contributed by atoms with Crippen LogP contribution in [0.15, 0.2) is 16.7 Å². The summed E-state index contributed by atoms with van der Waals surface area (Å²) in [6, 6.07) is 3.67. The molecule has 0 aliphatic heterocycles. The molecule has 1 rings (SSSR count). The van der Waals surface area contributed by atoms with Gasteiger partial charge in [0.2, 0.25) is 0 Å². The summed E-state index contributed by atoms with van der Waals surface area (Å²) in [5.41, 5.74) is 0.345. The Bertz CT molecular complexity index is 485. The van der Waals surface area contributed by atoms with Gasteiger partial charge in [-0.1, -0.05) is 11.6 Å². The van der Waals surface area contributed by atoms with Gasteiger partial charge in [0.25, 0.3) is 5.91 Å². The van der Waals surface area contributed by atoms with Gasteiger partial charge in [-0.15, -0.1) is 0 Å². The molecule has 0 spiro atoms. The summed E-state index contributed by atoms with van der Waals surface area (Å²) in [6.45, 7) is 4.18. The molecular formula is C12H13BrClN3O. The second-order valence-electron chi connectivity index (χ2n) is 3.99. The van der Waals surface area contributed by atoms with Gasteiger partial charge in [0, 0.05) is 23.3 Å². The quantitative estimate of drug-likeness (QED) is 0.796. The average Bonchev–Trinajstić information content (AvgIpc) is 2.32. The van der Waals surface area contributed by atoms with Crippen molar-refractivity contribution in [3.05, 3.63) is 27.5 Å². The first-order chi connectivity index (χ1) is 8.47. The highest BCUT2D eigenvalue weighted by atomic mass is 79.9. The lowest BCUT2D eigenvalue weighted by atomic mass is 10.2. The minimum Gasteiger partial charge on any atom is -0.335 e. The van der Waals surface area contributed by atoms with Crippen LogP contribution in [0.4, 0.5) is 0 Å². The minimum atomic E-state index is -0.209. The second kappa shape index (κ2) is 6.72. The predicted octanol–water partition coefficient (Wildman–Crippen LogP) is 3.26. The van der Waals surface area contributed by atoms with Gasteiger partial charge in [0.1, 0.15) is 5.15 Å². The van der Waals surface area contributed by atoms with E-state index in [-0.39, 0.29) is 17.1 Å². The molecule has 6 heteroatoms. The molecule has 1 aromatic rings. The van der Waals surface area contributed by atoms with Crippen LogP contribution < -0.4 is 0 Å². The van der Waals surface area contributed by atoms with Crippen molar-refractivity contribution in [2.75, 3.05) is 6.54 Å².